The van der Waals surface area contributed by atoms with Gasteiger partial charge in [0, 0.05) is 22.9 Å². The van der Waals surface area contributed by atoms with E-state index in [2.05, 4.69) is 38.6 Å². The molecule has 0 amide bonds. The van der Waals surface area contributed by atoms with Gasteiger partial charge in [0.25, 0.3) is 0 Å². The fourth-order valence-corrected chi connectivity index (χ4v) is 4.19. The van der Waals surface area contributed by atoms with E-state index in [1.54, 1.807) is 0 Å². The molecule has 0 saturated carbocycles. The first-order valence-electron chi connectivity index (χ1n) is 9.96. The molecule has 1 atom stereocenters. The molecule has 1 fully saturated rings. The zero-order valence-corrected chi connectivity index (χ0v) is 18.2. The van der Waals surface area contributed by atoms with Crippen molar-refractivity contribution in [1.29, 1.82) is 0 Å². The van der Waals surface area contributed by atoms with Crippen molar-refractivity contribution in [2.24, 2.45) is 0 Å². The quantitative estimate of drug-likeness (QED) is 0.437. The Balaban J connectivity index is 1.83. The molecule has 3 rings (SSSR count). The highest BCUT2D eigenvalue weighted by atomic mass is 35.5. The first kappa shape index (κ1) is 21.2. The lowest BCUT2D eigenvalue weighted by Crippen LogP contribution is -2.25. The van der Waals surface area contributed by atoms with Gasteiger partial charge in [-0.1, -0.05) is 55.3 Å². The Hall–Kier alpha value is -1.48. The minimum Gasteiger partial charge on any atom is -0.465 e. The van der Waals surface area contributed by atoms with Gasteiger partial charge < -0.3 is 9.47 Å². The lowest BCUT2D eigenvalue weighted by molar-refractivity contribution is -0.106. The molecule has 0 radical (unpaired) electrons. The monoisotopic (exact) mass is 418 g/mol. The molecule has 2 aromatic rings. The van der Waals surface area contributed by atoms with E-state index < -0.39 is 0 Å². The van der Waals surface area contributed by atoms with Gasteiger partial charge in [-0.05, 0) is 65.6 Å². The molecule has 0 aromatic heterocycles. The number of allylic oxidation sites excluding steroid dienone is 1. The van der Waals surface area contributed by atoms with Crippen molar-refractivity contribution in [2.75, 3.05) is 6.61 Å². The van der Waals surface area contributed by atoms with Crippen LogP contribution >= 0.6 is 23.2 Å². The predicted octanol–water partition coefficient (Wildman–Crippen LogP) is 7.34. The summed E-state index contributed by atoms with van der Waals surface area (Å²) in [6.45, 7) is 8.91. The van der Waals surface area contributed by atoms with Crippen LogP contribution in [-0.4, -0.2) is 12.9 Å². The number of rotatable bonds is 7. The Kier molecular flexibility index (Phi) is 7.45. The molecule has 28 heavy (non-hydrogen) atoms. The van der Waals surface area contributed by atoms with Crippen molar-refractivity contribution in [3.63, 3.8) is 0 Å². The van der Waals surface area contributed by atoms with Crippen LogP contribution in [0.1, 0.15) is 61.3 Å². The van der Waals surface area contributed by atoms with Crippen LogP contribution in [0.5, 0.6) is 5.75 Å². The largest absolute Gasteiger partial charge is 0.465 e. The van der Waals surface area contributed by atoms with Gasteiger partial charge in [-0.25, -0.2) is 0 Å². The molecule has 1 heterocycles. The second-order valence-electron chi connectivity index (χ2n) is 7.65. The fourth-order valence-electron chi connectivity index (χ4n) is 3.53. The Bertz CT molecular complexity index is 800. The van der Waals surface area contributed by atoms with Gasteiger partial charge in [-0.3, -0.25) is 0 Å². The first-order chi connectivity index (χ1) is 13.5. The average molecular weight is 419 g/mol. The highest BCUT2D eigenvalue weighted by Gasteiger charge is 2.19. The van der Waals surface area contributed by atoms with Crippen LogP contribution in [0.4, 0.5) is 0 Å². The third-order valence-electron chi connectivity index (χ3n) is 5.05. The van der Waals surface area contributed by atoms with E-state index >= 15 is 0 Å². The lowest BCUT2D eigenvalue weighted by atomic mass is 9.96. The third kappa shape index (κ3) is 5.31. The second-order valence-corrected chi connectivity index (χ2v) is 8.46. The normalized spacial score (nSPS) is 17.0. The molecule has 1 saturated heterocycles. The highest BCUT2D eigenvalue weighted by Crippen LogP contribution is 2.33. The molecule has 0 spiro atoms. The summed E-state index contributed by atoms with van der Waals surface area (Å²) in [5.41, 5.74) is 4.38. The number of ether oxygens (including phenoxy) is 2. The summed E-state index contributed by atoms with van der Waals surface area (Å²) in [6, 6.07) is 10.3. The average Bonchev–Trinajstić information content (AvgIpc) is 2.66. The van der Waals surface area contributed by atoms with Crippen molar-refractivity contribution >= 4 is 23.2 Å². The number of hydrogen-bond donors (Lipinski definition) is 0. The molecule has 1 aliphatic rings. The van der Waals surface area contributed by atoms with Gasteiger partial charge in [0.15, 0.2) is 6.29 Å². The van der Waals surface area contributed by atoms with Gasteiger partial charge in [-0.2, -0.15) is 0 Å². The van der Waals surface area contributed by atoms with Gasteiger partial charge >= 0.3 is 0 Å². The summed E-state index contributed by atoms with van der Waals surface area (Å²) in [5.74, 6) is 1.25. The van der Waals surface area contributed by atoms with Crippen LogP contribution in [0.25, 0.3) is 0 Å². The predicted molar refractivity (Wildman–Crippen MR) is 118 cm³/mol. The summed E-state index contributed by atoms with van der Waals surface area (Å²) >= 11 is 13.0. The number of halogens is 2. The second kappa shape index (κ2) is 9.82. The SMILES string of the molecule is C=CCc1cc(Cl)c(Cc2ccc(OC3CCCCO3)c(C(C)C)c2)c(Cl)c1. The Morgan fingerprint density at radius 3 is 2.50 bits per heavy atom. The Labute approximate surface area is 178 Å². The zero-order valence-electron chi connectivity index (χ0n) is 16.6. The number of hydrogen-bond acceptors (Lipinski definition) is 2. The molecular formula is C24H28Cl2O2. The molecular weight excluding hydrogens is 391 g/mol. The molecule has 2 aromatic carbocycles. The standard InChI is InChI=1S/C24H28Cl2O2/c1-4-7-17-14-21(25)20(22(26)15-17)13-18-9-10-23(19(12-18)16(2)3)28-24-8-5-6-11-27-24/h4,9-10,12,14-16,24H,1,5-8,11,13H2,2-3H3. The van der Waals surface area contributed by atoms with E-state index in [1.807, 2.05) is 18.2 Å². The molecule has 0 aliphatic carbocycles. The smallest absolute Gasteiger partial charge is 0.199 e. The maximum atomic E-state index is 6.52. The Morgan fingerprint density at radius 2 is 1.89 bits per heavy atom. The van der Waals surface area contributed by atoms with Crippen LogP contribution in [0, 0.1) is 0 Å². The van der Waals surface area contributed by atoms with Gasteiger partial charge in [-0.15, -0.1) is 6.58 Å². The first-order valence-corrected chi connectivity index (χ1v) is 10.7. The van der Waals surface area contributed by atoms with E-state index in [-0.39, 0.29) is 6.29 Å². The topological polar surface area (TPSA) is 18.5 Å². The summed E-state index contributed by atoms with van der Waals surface area (Å²) in [5, 5.41) is 1.40. The molecule has 2 nitrogen and oxygen atoms in total. The molecule has 0 N–H and O–H groups in total. The van der Waals surface area contributed by atoms with Crippen molar-refractivity contribution in [2.45, 2.75) is 58.2 Å². The molecule has 4 heteroatoms. The van der Waals surface area contributed by atoms with E-state index in [9.17, 15) is 0 Å². The summed E-state index contributed by atoms with van der Waals surface area (Å²) in [4.78, 5) is 0. The van der Waals surface area contributed by atoms with Crippen molar-refractivity contribution in [3.8, 4) is 5.75 Å². The zero-order chi connectivity index (χ0) is 20.1. The molecule has 1 unspecified atom stereocenters. The summed E-state index contributed by atoms with van der Waals surface area (Å²) in [6.07, 6.45) is 6.37. The van der Waals surface area contributed by atoms with Gasteiger partial charge in [0.1, 0.15) is 5.75 Å². The van der Waals surface area contributed by atoms with Gasteiger partial charge in [0.2, 0.25) is 0 Å². The highest BCUT2D eigenvalue weighted by molar-refractivity contribution is 6.36. The minimum atomic E-state index is -0.140. The fraction of sp³-hybridized carbons (Fsp3) is 0.417. The van der Waals surface area contributed by atoms with E-state index in [4.69, 9.17) is 32.7 Å². The van der Waals surface area contributed by atoms with Crippen molar-refractivity contribution in [3.05, 3.63) is 75.3 Å². The van der Waals surface area contributed by atoms with Crippen LogP contribution < -0.4 is 4.74 Å². The van der Waals surface area contributed by atoms with Crippen LogP contribution in [0.15, 0.2) is 43.0 Å². The maximum Gasteiger partial charge on any atom is 0.199 e. The lowest BCUT2D eigenvalue weighted by Gasteiger charge is -2.25. The number of benzene rings is 2. The van der Waals surface area contributed by atoms with Crippen LogP contribution in [-0.2, 0) is 17.6 Å². The third-order valence-corrected chi connectivity index (χ3v) is 5.73. The molecule has 150 valence electrons. The molecule has 1 aliphatic heterocycles. The van der Waals surface area contributed by atoms with Crippen molar-refractivity contribution in [1.82, 2.24) is 0 Å². The van der Waals surface area contributed by atoms with Crippen LogP contribution in [0.2, 0.25) is 10.0 Å². The van der Waals surface area contributed by atoms with E-state index in [1.165, 1.54) is 11.1 Å². The minimum absolute atomic E-state index is 0.140. The summed E-state index contributed by atoms with van der Waals surface area (Å²) < 4.78 is 11.9. The van der Waals surface area contributed by atoms with Crippen molar-refractivity contribution < 1.29 is 9.47 Å². The van der Waals surface area contributed by atoms with E-state index in [0.29, 0.717) is 22.4 Å². The summed E-state index contributed by atoms with van der Waals surface area (Å²) in [7, 11) is 0. The Morgan fingerprint density at radius 1 is 1.14 bits per heavy atom. The van der Waals surface area contributed by atoms with E-state index in [0.717, 1.165) is 49.2 Å². The van der Waals surface area contributed by atoms with Crippen LogP contribution in [0.3, 0.4) is 0 Å². The maximum absolute atomic E-state index is 6.52. The molecule has 0 bridgehead atoms. The van der Waals surface area contributed by atoms with Gasteiger partial charge in [0.05, 0.1) is 6.61 Å².